The monoisotopic (exact) mass is 410 g/mol. The Kier molecular flexibility index (Phi) is 7.99. The Morgan fingerprint density at radius 2 is 1.96 bits per heavy atom. The van der Waals surface area contributed by atoms with Crippen LogP contribution in [0, 0.1) is 0 Å². The number of rotatable bonds is 9. The SMILES string of the molecule is CCCCC1=C(C(=O)OCC)C(c2cc(Cl)c(OCC)c(OC)c2)NC(=O)N1. The number of allylic oxidation sites excluding steroid dienone is 1. The summed E-state index contributed by atoms with van der Waals surface area (Å²) < 4.78 is 16.2. The highest BCUT2D eigenvalue weighted by atomic mass is 35.5. The number of hydrogen-bond acceptors (Lipinski definition) is 5. The van der Waals surface area contributed by atoms with Gasteiger partial charge in [-0.05, 0) is 44.4 Å². The number of benzene rings is 1. The first-order valence-corrected chi connectivity index (χ1v) is 9.82. The zero-order valence-corrected chi connectivity index (χ0v) is 17.4. The van der Waals surface area contributed by atoms with Gasteiger partial charge in [-0.25, -0.2) is 9.59 Å². The molecule has 0 aliphatic carbocycles. The minimum Gasteiger partial charge on any atom is -0.493 e. The van der Waals surface area contributed by atoms with Gasteiger partial charge in [-0.3, -0.25) is 0 Å². The third-order valence-corrected chi connectivity index (χ3v) is 4.58. The van der Waals surface area contributed by atoms with E-state index in [1.807, 2.05) is 13.8 Å². The minimum absolute atomic E-state index is 0.234. The Hall–Kier alpha value is -2.41. The Morgan fingerprint density at radius 1 is 1.21 bits per heavy atom. The lowest BCUT2D eigenvalue weighted by atomic mass is 9.93. The van der Waals surface area contributed by atoms with E-state index >= 15 is 0 Å². The van der Waals surface area contributed by atoms with Crippen LogP contribution in [0.15, 0.2) is 23.4 Å². The second-order valence-corrected chi connectivity index (χ2v) is 6.62. The van der Waals surface area contributed by atoms with Gasteiger partial charge in [0.25, 0.3) is 0 Å². The van der Waals surface area contributed by atoms with Gasteiger partial charge in [0.15, 0.2) is 11.5 Å². The summed E-state index contributed by atoms with van der Waals surface area (Å²) in [6, 6.07) is 2.29. The molecule has 0 fully saturated rings. The van der Waals surface area contributed by atoms with Crippen molar-refractivity contribution < 1.29 is 23.8 Å². The third kappa shape index (κ3) is 4.90. The molecule has 2 N–H and O–H groups in total. The van der Waals surface area contributed by atoms with Crippen LogP contribution < -0.4 is 20.1 Å². The molecule has 1 heterocycles. The number of methoxy groups -OCH3 is 1. The summed E-state index contributed by atoms with van der Waals surface area (Å²) in [4.78, 5) is 25.0. The smallest absolute Gasteiger partial charge is 0.338 e. The first-order chi connectivity index (χ1) is 13.5. The molecule has 1 atom stereocenters. The Morgan fingerprint density at radius 3 is 2.57 bits per heavy atom. The van der Waals surface area contributed by atoms with Gasteiger partial charge in [0.2, 0.25) is 0 Å². The van der Waals surface area contributed by atoms with E-state index in [1.165, 1.54) is 7.11 Å². The maximum absolute atomic E-state index is 12.7. The van der Waals surface area contributed by atoms with Gasteiger partial charge in [-0.15, -0.1) is 0 Å². The average Bonchev–Trinajstić information content (AvgIpc) is 2.67. The van der Waals surface area contributed by atoms with Crippen LogP contribution in [0.2, 0.25) is 5.02 Å². The van der Waals surface area contributed by atoms with Crippen LogP contribution in [0.5, 0.6) is 11.5 Å². The minimum atomic E-state index is -0.707. The molecule has 7 nitrogen and oxygen atoms in total. The van der Waals surface area contributed by atoms with E-state index in [1.54, 1.807) is 19.1 Å². The number of urea groups is 1. The lowest BCUT2D eigenvalue weighted by Gasteiger charge is -2.30. The molecule has 0 spiro atoms. The second-order valence-electron chi connectivity index (χ2n) is 6.21. The van der Waals surface area contributed by atoms with Crippen LogP contribution in [-0.4, -0.2) is 32.3 Å². The van der Waals surface area contributed by atoms with E-state index in [-0.39, 0.29) is 12.6 Å². The van der Waals surface area contributed by atoms with Crippen molar-refractivity contribution in [2.45, 2.75) is 46.1 Å². The van der Waals surface area contributed by atoms with Gasteiger partial charge in [-0.1, -0.05) is 24.9 Å². The lowest BCUT2D eigenvalue weighted by molar-refractivity contribution is -0.139. The number of esters is 1. The van der Waals surface area contributed by atoms with E-state index in [9.17, 15) is 9.59 Å². The molecule has 28 heavy (non-hydrogen) atoms. The number of unbranched alkanes of at least 4 members (excludes halogenated alkanes) is 1. The van der Waals surface area contributed by atoms with Crippen molar-refractivity contribution in [3.05, 3.63) is 34.0 Å². The van der Waals surface area contributed by atoms with Crippen molar-refractivity contribution in [2.75, 3.05) is 20.3 Å². The Bertz CT molecular complexity index is 763. The van der Waals surface area contributed by atoms with Crippen molar-refractivity contribution in [2.24, 2.45) is 0 Å². The molecule has 0 radical (unpaired) electrons. The van der Waals surface area contributed by atoms with Gasteiger partial charge in [-0.2, -0.15) is 0 Å². The predicted molar refractivity (Wildman–Crippen MR) is 107 cm³/mol. The zero-order chi connectivity index (χ0) is 20.7. The number of carbonyl (C=O) groups excluding carboxylic acids is 2. The fraction of sp³-hybridized carbons (Fsp3) is 0.500. The summed E-state index contributed by atoms with van der Waals surface area (Å²) in [6.07, 6.45) is 2.32. The third-order valence-electron chi connectivity index (χ3n) is 4.30. The van der Waals surface area contributed by atoms with Crippen LogP contribution in [0.25, 0.3) is 0 Å². The Labute approximate surface area is 170 Å². The van der Waals surface area contributed by atoms with Crippen LogP contribution in [0.3, 0.4) is 0 Å². The molecule has 2 amide bonds. The van der Waals surface area contributed by atoms with Crippen molar-refractivity contribution in [1.29, 1.82) is 0 Å². The molecule has 1 aliphatic heterocycles. The summed E-state index contributed by atoms with van der Waals surface area (Å²) >= 11 is 6.39. The number of amides is 2. The molecule has 0 saturated carbocycles. The fourth-order valence-corrected chi connectivity index (χ4v) is 3.33. The summed E-state index contributed by atoms with van der Waals surface area (Å²) in [5.74, 6) is 0.370. The number of carbonyl (C=O) groups is 2. The highest BCUT2D eigenvalue weighted by Gasteiger charge is 2.34. The van der Waals surface area contributed by atoms with Crippen LogP contribution in [0.1, 0.15) is 51.6 Å². The van der Waals surface area contributed by atoms with Crippen molar-refractivity contribution in [3.63, 3.8) is 0 Å². The zero-order valence-electron chi connectivity index (χ0n) is 16.7. The number of halogens is 1. The molecular formula is C20H27ClN2O5. The molecule has 154 valence electrons. The maximum Gasteiger partial charge on any atom is 0.338 e. The van der Waals surface area contributed by atoms with Crippen molar-refractivity contribution in [1.82, 2.24) is 10.6 Å². The largest absolute Gasteiger partial charge is 0.493 e. The van der Waals surface area contributed by atoms with Crippen molar-refractivity contribution >= 4 is 23.6 Å². The number of ether oxygens (including phenoxy) is 3. The Balaban J connectivity index is 2.57. The standard InChI is InChI=1S/C20H27ClN2O5/c1-5-8-9-14-16(19(24)28-7-3)17(23-20(25)22-14)12-10-13(21)18(27-6-2)15(11-12)26-4/h10-11,17H,5-9H2,1-4H3,(H2,22,23,25). The quantitative estimate of drug-likeness (QED) is 0.598. The topological polar surface area (TPSA) is 85.9 Å². The van der Waals surface area contributed by atoms with E-state index < -0.39 is 12.0 Å². The summed E-state index contributed by atoms with van der Waals surface area (Å²) in [7, 11) is 1.51. The molecule has 0 aromatic heterocycles. The highest BCUT2D eigenvalue weighted by Crippen LogP contribution is 2.40. The molecule has 1 aromatic rings. The first-order valence-electron chi connectivity index (χ1n) is 9.44. The molecular weight excluding hydrogens is 384 g/mol. The highest BCUT2D eigenvalue weighted by molar-refractivity contribution is 6.32. The van der Waals surface area contributed by atoms with Crippen molar-refractivity contribution in [3.8, 4) is 11.5 Å². The predicted octanol–water partition coefficient (Wildman–Crippen LogP) is 4.11. The van der Waals surface area contributed by atoms with E-state index in [0.29, 0.717) is 46.4 Å². The molecule has 1 aliphatic rings. The first kappa shape index (κ1) is 21.9. The lowest BCUT2D eigenvalue weighted by Crippen LogP contribution is -2.46. The maximum atomic E-state index is 12.7. The van der Waals surface area contributed by atoms with E-state index in [2.05, 4.69) is 10.6 Å². The van der Waals surface area contributed by atoms with Gasteiger partial charge in [0.05, 0.1) is 37.0 Å². The van der Waals surface area contributed by atoms with Gasteiger partial charge >= 0.3 is 12.0 Å². The second kappa shape index (κ2) is 10.2. The molecule has 0 saturated heterocycles. The van der Waals surface area contributed by atoms with Gasteiger partial charge in [0.1, 0.15) is 0 Å². The molecule has 8 heteroatoms. The number of hydrogen-bond donors (Lipinski definition) is 2. The van der Waals surface area contributed by atoms with Crippen LogP contribution in [-0.2, 0) is 9.53 Å². The summed E-state index contributed by atoms with van der Waals surface area (Å²) in [6.45, 7) is 6.29. The molecule has 2 rings (SSSR count). The normalized spacial score (nSPS) is 16.3. The molecule has 1 unspecified atom stereocenters. The van der Waals surface area contributed by atoms with E-state index in [0.717, 1.165) is 12.8 Å². The molecule has 1 aromatic carbocycles. The van der Waals surface area contributed by atoms with Crippen LogP contribution in [0.4, 0.5) is 4.79 Å². The summed E-state index contributed by atoms with van der Waals surface area (Å²) in [5.41, 5.74) is 1.55. The van der Waals surface area contributed by atoms with Gasteiger partial charge < -0.3 is 24.8 Å². The summed E-state index contributed by atoms with van der Waals surface area (Å²) in [5, 5.41) is 5.89. The fourth-order valence-electron chi connectivity index (χ4n) is 3.06. The number of nitrogens with one attached hydrogen (secondary N) is 2. The average molecular weight is 411 g/mol. The van der Waals surface area contributed by atoms with E-state index in [4.69, 9.17) is 25.8 Å². The molecule has 0 bridgehead atoms. The van der Waals surface area contributed by atoms with Gasteiger partial charge in [0, 0.05) is 5.70 Å². The van der Waals surface area contributed by atoms with Crippen LogP contribution >= 0.6 is 11.6 Å².